The second-order valence-corrected chi connectivity index (χ2v) is 21.0. The molecule has 0 fully saturated rings. The zero-order chi connectivity index (χ0) is 23.4. The van der Waals surface area contributed by atoms with E-state index in [1.165, 1.54) is 5.56 Å². The van der Waals surface area contributed by atoms with Crippen LogP contribution in [0.15, 0.2) is 71.3 Å². The van der Waals surface area contributed by atoms with E-state index in [-0.39, 0.29) is 5.41 Å². The molecule has 0 N–H and O–H groups in total. The number of para-hydroxylation sites is 1. The van der Waals surface area contributed by atoms with Crippen LogP contribution >= 0.6 is 0 Å². The second-order valence-electron chi connectivity index (χ2n) is 10.7. The maximum atomic E-state index is 6.57. The molecule has 166 valence electrons. The van der Waals surface area contributed by atoms with Gasteiger partial charge in [0.1, 0.15) is 0 Å². The Kier molecular flexibility index (Phi) is 5.16. The van der Waals surface area contributed by atoms with Crippen LogP contribution in [-0.4, -0.2) is 28.2 Å². The fraction of sp³-hybridized carbons (Fsp3) is 0.250. The molecule has 4 nitrogen and oxygen atoms in total. The molecule has 5 rings (SSSR count). The van der Waals surface area contributed by atoms with E-state index in [9.17, 15) is 0 Å². The summed E-state index contributed by atoms with van der Waals surface area (Å²) in [4.78, 5) is 14.8. The van der Waals surface area contributed by atoms with E-state index in [1.807, 2.05) is 24.4 Å². The number of furan rings is 1. The van der Waals surface area contributed by atoms with E-state index in [2.05, 4.69) is 80.5 Å². The Morgan fingerprint density at radius 2 is 1.58 bits per heavy atom. The van der Waals surface area contributed by atoms with Gasteiger partial charge < -0.3 is 0 Å². The second kappa shape index (κ2) is 7.80. The summed E-state index contributed by atoms with van der Waals surface area (Å²) >= 11 is -2.31. The Balaban J connectivity index is 1.83. The van der Waals surface area contributed by atoms with Gasteiger partial charge in [-0.15, -0.1) is 0 Å². The van der Waals surface area contributed by atoms with Gasteiger partial charge in [-0.1, -0.05) is 0 Å². The van der Waals surface area contributed by atoms with Gasteiger partial charge in [0.15, 0.2) is 0 Å². The monoisotopic (exact) mass is 497 g/mol. The normalized spacial score (nSPS) is 12.5. The van der Waals surface area contributed by atoms with E-state index in [0.29, 0.717) is 0 Å². The van der Waals surface area contributed by atoms with Gasteiger partial charge in [-0.25, -0.2) is 0 Å². The Morgan fingerprint density at radius 1 is 0.818 bits per heavy atom. The first kappa shape index (κ1) is 21.8. The summed E-state index contributed by atoms with van der Waals surface area (Å²) in [5, 5.41) is 1.01. The van der Waals surface area contributed by atoms with Gasteiger partial charge in [0.2, 0.25) is 0 Å². The third-order valence-electron chi connectivity index (χ3n) is 5.96. The van der Waals surface area contributed by atoms with Crippen molar-refractivity contribution < 1.29 is 4.42 Å². The van der Waals surface area contributed by atoms with Crippen LogP contribution < -0.4 is 4.66 Å². The Hall–Kier alpha value is -2.99. The van der Waals surface area contributed by atoms with Crippen LogP contribution in [0.5, 0.6) is 0 Å². The summed E-state index contributed by atoms with van der Waals surface area (Å²) in [6.07, 6.45) is 1.89. The van der Waals surface area contributed by atoms with Crippen LogP contribution in [-0.2, 0) is 5.41 Å². The summed E-state index contributed by atoms with van der Waals surface area (Å²) in [7, 11) is 0. The number of hydrogen-bond donors (Lipinski definition) is 0. The van der Waals surface area contributed by atoms with Crippen molar-refractivity contribution in [3.05, 3.63) is 72.4 Å². The fourth-order valence-electron chi connectivity index (χ4n) is 4.04. The summed E-state index contributed by atoms with van der Waals surface area (Å²) < 4.78 is 7.56. The molecule has 0 radical (unpaired) electrons. The molecule has 0 spiro atoms. The van der Waals surface area contributed by atoms with Crippen molar-refractivity contribution in [2.75, 3.05) is 0 Å². The minimum atomic E-state index is -2.31. The first-order valence-corrected chi connectivity index (χ1v) is 18.7. The predicted octanol–water partition coefficient (Wildman–Crippen LogP) is 6.95. The zero-order valence-corrected chi connectivity index (χ0v) is 22.2. The zero-order valence-electron chi connectivity index (χ0n) is 20.1. The van der Waals surface area contributed by atoms with Gasteiger partial charge in [0.05, 0.1) is 0 Å². The molecule has 5 heteroatoms. The molecule has 0 saturated heterocycles. The molecule has 0 aliphatic heterocycles. The van der Waals surface area contributed by atoms with Crippen LogP contribution in [0.2, 0.25) is 17.3 Å². The van der Waals surface area contributed by atoms with E-state index >= 15 is 0 Å². The van der Waals surface area contributed by atoms with Crippen LogP contribution in [0.4, 0.5) is 0 Å². The van der Waals surface area contributed by atoms with E-state index in [4.69, 9.17) is 19.4 Å². The molecule has 3 heterocycles. The predicted molar refractivity (Wildman–Crippen MR) is 140 cm³/mol. The molecule has 0 bridgehead atoms. The molecule has 0 unspecified atom stereocenters. The molecule has 3 aromatic heterocycles. The Labute approximate surface area is 197 Å². The van der Waals surface area contributed by atoms with Gasteiger partial charge in [-0.2, -0.15) is 0 Å². The van der Waals surface area contributed by atoms with Crippen LogP contribution in [0.1, 0.15) is 26.3 Å². The average molecular weight is 496 g/mol. The first-order chi connectivity index (χ1) is 15.6. The van der Waals surface area contributed by atoms with Gasteiger partial charge in [-0.3, -0.25) is 0 Å². The van der Waals surface area contributed by atoms with Gasteiger partial charge >= 0.3 is 198 Å². The first-order valence-electron chi connectivity index (χ1n) is 11.4. The molecule has 0 aliphatic carbocycles. The number of fused-ring (bicyclic) bond motifs is 3. The van der Waals surface area contributed by atoms with E-state index in [1.54, 1.807) is 0 Å². The van der Waals surface area contributed by atoms with Crippen molar-refractivity contribution in [3.8, 4) is 22.5 Å². The Bertz CT molecular complexity index is 1470. The molecule has 0 amide bonds. The fourth-order valence-corrected chi connectivity index (χ4v) is 5.91. The molecule has 5 aromatic rings. The number of pyridine rings is 1. The summed E-state index contributed by atoms with van der Waals surface area (Å²) in [6.45, 7) is 6.65. The molecular formula is C28H29GeN3O. The molecule has 2 aromatic carbocycles. The van der Waals surface area contributed by atoms with Crippen molar-refractivity contribution in [2.45, 2.75) is 43.5 Å². The average Bonchev–Trinajstić information content (AvgIpc) is 3.17. The van der Waals surface area contributed by atoms with Crippen LogP contribution in [0, 0.1) is 0 Å². The maximum absolute atomic E-state index is 6.57. The minimum absolute atomic E-state index is 0.0409. The number of aromatic nitrogens is 3. The molecular weight excluding hydrogens is 467 g/mol. The summed E-state index contributed by atoms with van der Waals surface area (Å²) in [5.41, 5.74) is 7.54. The van der Waals surface area contributed by atoms with E-state index in [0.717, 1.165) is 49.2 Å². The van der Waals surface area contributed by atoms with Crippen molar-refractivity contribution in [1.82, 2.24) is 15.0 Å². The summed E-state index contributed by atoms with van der Waals surface area (Å²) in [6, 6.07) is 20.8. The van der Waals surface area contributed by atoms with Crippen LogP contribution in [0.3, 0.4) is 0 Å². The number of benzene rings is 2. The molecule has 0 aliphatic rings. The van der Waals surface area contributed by atoms with E-state index < -0.39 is 13.3 Å². The van der Waals surface area contributed by atoms with Gasteiger partial charge in [-0.05, 0) is 0 Å². The van der Waals surface area contributed by atoms with Gasteiger partial charge in [0.25, 0.3) is 0 Å². The molecule has 0 atom stereocenters. The van der Waals surface area contributed by atoms with Crippen molar-refractivity contribution in [1.29, 1.82) is 0 Å². The number of rotatable bonds is 3. The number of nitrogens with zero attached hydrogens (tertiary/aromatic N) is 3. The molecule has 0 saturated carbocycles. The van der Waals surface area contributed by atoms with Crippen molar-refractivity contribution >= 4 is 40.0 Å². The van der Waals surface area contributed by atoms with Crippen molar-refractivity contribution in [3.63, 3.8) is 0 Å². The third-order valence-corrected chi connectivity index (χ3v) is 9.24. The third kappa shape index (κ3) is 3.97. The standard InChI is InChI=1S/C28H29GeN3O/c1-28(2,3)19-15-16-30-22(17-19)20-13-10-14-21-24-26(33-25(20)21)23(18-11-8-7-9-12-18)31-27(32-24)29(4,5)6/h7-17H,1-6H3. The summed E-state index contributed by atoms with van der Waals surface area (Å²) in [5.74, 6) is 6.97. The molecule has 33 heavy (non-hydrogen) atoms. The Morgan fingerprint density at radius 3 is 2.27 bits per heavy atom. The quantitative estimate of drug-likeness (QED) is 0.254. The van der Waals surface area contributed by atoms with Crippen molar-refractivity contribution in [2.24, 2.45) is 0 Å². The van der Waals surface area contributed by atoms with Gasteiger partial charge in [0, 0.05) is 0 Å². The number of hydrogen-bond acceptors (Lipinski definition) is 4. The topological polar surface area (TPSA) is 51.8 Å². The SMILES string of the molecule is CC(C)(C)c1ccnc(-c2cccc3c2oc2c(-c4ccccc4)n[c]([Ge]([CH3])([CH3])[CH3])nc23)c1. The van der Waals surface area contributed by atoms with Crippen LogP contribution in [0.25, 0.3) is 44.6 Å².